The van der Waals surface area contributed by atoms with Crippen LogP contribution in [0.4, 0.5) is 0 Å². The van der Waals surface area contributed by atoms with Crippen molar-refractivity contribution in [3.63, 3.8) is 0 Å². The summed E-state index contributed by atoms with van der Waals surface area (Å²) in [7, 11) is 0. The fraction of sp³-hybridized carbons (Fsp3) is 0.500. The molecule has 1 unspecified atom stereocenters. The Hall–Kier alpha value is -1.45. The van der Waals surface area contributed by atoms with Crippen molar-refractivity contribution in [3.05, 3.63) is 24.3 Å². The van der Waals surface area contributed by atoms with Crippen LogP contribution in [0.3, 0.4) is 0 Å². The van der Waals surface area contributed by atoms with Crippen LogP contribution in [-0.2, 0) is 10.2 Å². The molecule has 0 bridgehead atoms. The highest BCUT2D eigenvalue weighted by atomic mass is 16.4. The Labute approximate surface area is 82.0 Å². The number of aliphatic carboxylic acids is 1. The molecule has 1 aromatic heterocycles. The van der Waals surface area contributed by atoms with Crippen molar-refractivity contribution in [1.82, 2.24) is 9.97 Å². The number of carbonyl (C=O) groups is 1. The summed E-state index contributed by atoms with van der Waals surface area (Å²) < 4.78 is 0. The summed E-state index contributed by atoms with van der Waals surface area (Å²) >= 11 is 0. The van der Waals surface area contributed by atoms with Crippen molar-refractivity contribution < 1.29 is 9.90 Å². The van der Waals surface area contributed by atoms with E-state index < -0.39 is 11.4 Å². The van der Waals surface area contributed by atoms with Crippen LogP contribution in [0.1, 0.15) is 25.8 Å². The minimum Gasteiger partial charge on any atom is -0.481 e. The summed E-state index contributed by atoms with van der Waals surface area (Å²) in [6.45, 7) is 3.90. The van der Waals surface area contributed by atoms with Crippen molar-refractivity contribution in [1.29, 1.82) is 0 Å². The second kappa shape index (κ2) is 2.53. The first-order valence-electron chi connectivity index (χ1n) is 4.49. The Morgan fingerprint density at radius 1 is 1.43 bits per heavy atom. The normalized spacial score (nSPS) is 28.4. The van der Waals surface area contributed by atoms with Gasteiger partial charge < -0.3 is 5.11 Å². The third-order valence-corrected chi connectivity index (χ3v) is 3.16. The lowest BCUT2D eigenvalue weighted by atomic mass is 9.90. The molecule has 0 aromatic carbocycles. The number of carboxylic acids is 1. The maximum atomic E-state index is 11.2. The van der Waals surface area contributed by atoms with E-state index in [1.54, 1.807) is 12.4 Å². The average Bonchev–Trinajstić information content (AvgIpc) is 2.72. The lowest BCUT2D eigenvalue weighted by Gasteiger charge is -2.14. The molecule has 4 nitrogen and oxygen atoms in total. The Morgan fingerprint density at radius 3 is 2.29 bits per heavy atom. The van der Waals surface area contributed by atoms with Crippen LogP contribution in [0.2, 0.25) is 0 Å². The molecule has 0 aliphatic heterocycles. The van der Waals surface area contributed by atoms with E-state index in [4.69, 9.17) is 0 Å². The van der Waals surface area contributed by atoms with Gasteiger partial charge in [-0.15, -0.1) is 0 Å². The molecule has 0 saturated heterocycles. The van der Waals surface area contributed by atoms with Crippen molar-refractivity contribution in [2.75, 3.05) is 0 Å². The van der Waals surface area contributed by atoms with Gasteiger partial charge in [0.05, 0.1) is 0 Å². The molecule has 0 amide bonds. The van der Waals surface area contributed by atoms with E-state index >= 15 is 0 Å². The van der Waals surface area contributed by atoms with Crippen LogP contribution < -0.4 is 0 Å². The zero-order valence-corrected chi connectivity index (χ0v) is 8.19. The van der Waals surface area contributed by atoms with E-state index in [2.05, 4.69) is 9.97 Å². The number of aromatic nitrogens is 2. The smallest absolute Gasteiger partial charge is 0.314 e. The highest BCUT2D eigenvalue weighted by Gasteiger charge is 2.68. The first kappa shape index (κ1) is 9.12. The monoisotopic (exact) mass is 192 g/mol. The number of rotatable bonds is 2. The van der Waals surface area contributed by atoms with Crippen molar-refractivity contribution in [2.45, 2.75) is 25.7 Å². The SMILES string of the molecule is CC1(C)CC1(C(=O)O)c1cncnc1. The van der Waals surface area contributed by atoms with Crippen molar-refractivity contribution in [2.24, 2.45) is 5.41 Å². The van der Waals surface area contributed by atoms with E-state index in [0.29, 0.717) is 12.0 Å². The largest absolute Gasteiger partial charge is 0.481 e. The number of hydrogen-bond acceptors (Lipinski definition) is 3. The first-order valence-corrected chi connectivity index (χ1v) is 4.49. The van der Waals surface area contributed by atoms with Gasteiger partial charge in [-0.05, 0) is 11.8 Å². The molecule has 1 atom stereocenters. The first-order chi connectivity index (χ1) is 6.51. The van der Waals surface area contributed by atoms with Gasteiger partial charge >= 0.3 is 5.97 Å². The molecule has 1 fully saturated rings. The molecule has 1 aliphatic carbocycles. The summed E-state index contributed by atoms with van der Waals surface area (Å²) in [6, 6.07) is 0. The molecular weight excluding hydrogens is 180 g/mol. The van der Waals surface area contributed by atoms with E-state index in [-0.39, 0.29) is 5.41 Å². The third kappa shape index (κ3) is 0.967. The molecule has 1 N–H and O–H groups in total. The standard InChI is InChI=1S/C10H12N2O2/c1-9(2)5-10(9,8(13)14)7-3-11-6-12-4-7/h3-4,6H,5H2,1-2H3,(H,13,14). The Balaban J connectivity index is 2.47. The van der Waals surface area contributed by atoms with Crippen LogP contribution in [-0.4, -0.2) is 21.0 Å². The van der Waals surface area contributed by atoms with Crippen LogP contribution in [0.15, 0.2) is 18.7 Å². The highest BCUT2D eigenvalue weighted by Crippen LogP contribution is 2.64. The second-order valence-electron chi connectivity index (χ2n) is 4.40. The van der Waals surface area contributed by atoms with Crippen molar-refractivity contribution >= 4 is 5.97 Å². The van der Waals surface area contributed by atoms with Gasteiger partial charge in [0.1, 0.15) is 11.7 Å². The Bertz CT molecular complexity index is 375. The van der Waals surface area contributed by atoms with Gasteiger partial charge in [-0.3, -0.25) is 4.79 Å². The summed E-state index contributed by atoms with van der Waals surface area (Å²) in [4.78, 5) is 19.0. The molecule has 1 heterocycles. The minimum absolute atomic E-state index is 0.191. The summed E-state index contributed by atoms with van der Waals surface area (Å²) in [5.41, 5.74) is -0.254. The van der Waals surface area contributed by atoms with Gasteiger partial charge in [0, 0.05) is 18.0 Å². The number of nitrogens with zero attached hydrogens (tertiary/aromatic N) is 2. The molecule has 1 aliphatic rings. The fourth-order valence-corrected chi connectivity index (χ4v) is 2.12. The maximum Gasteiger partial charge on any atom is 0.314 e. The predicted octanol–water partition coefficient (Wildman–Crippen LogP) is 1.23. The number of carboxylic acid groups (broad SMARTS) is 1. The van der Waals surface area contributed by atoms with Crippen LogP contribution in [0, 0.1) is 5.41 Å². The summed E-state index contributed by atoms with van der Waals surface area (Å²) in [5, 5.41) is 9.24. The topological polar surface area (TPSA) is 63.1 Å². The molecular formula is C10H12N2O2. The van der Waals surface area contributed by atoms with Gasteiger partial charge in [0.15, 0.2) is 0 Å². The lowest BCUT2D eigenvalue weighted by Crippen LogP contribution is -2.25. The minimum atomic E-state index is -0.780. The molecule has 1 aromatic rings. The molecule has 74 valence electrons. The Morgan fingerprint density at radius 2 is 1.93 bits per heavy atom. The zero-order chi connectivity index (χ0) is 10.4. The fourth-order valence-electron chi connectivity index (χ4n) is 2.12. The molecule has 0 spiro atoms. The van der Waals surface area contributed by atoms with Crippen LogP contribution >= 0.6 is 0 Å². The number of hydrogen-bond donors (Lipinski definition) is 1. The second-order valence-corrected chi connectivity index (χ2v) is 4.40. The van der Waals surface area contributed by atoms with Gasteiger partial charge in [0.2, 0.25) is 0 Å². The molecule has 4 heteroatoms. The van der Waals surface area contributed by atoms with Gasteiger partial charge in [-0.25, -0.2) is 9.97 Å². The molecule has 2 rings (SSSR count). The highest BCUT2D eigenvalue weighted by molar-refractivity contribution is 5.86. The molecule has 0 radical (unpaired) electrons. The van der Waals surface area contributed by atoms with Crippen LogP contribution in [0.25, 0.3) is 0 Å². The van der Waals surface area contributed by atoms with E-state index in [1.807, 2.05) is 13.8 Å². The van der Waals surface area contributed by atoms with Gasteiger partial charge in [-0.1, -0.05) is 13.8 Å². The summed E-state index contributed by atoms with van der Waals surface area (Å²) in [5.74, 6) is -0.780. The van der Waals surface area contributed by atoms with Crippen molar-refractivity contribution in [3.8, 4) is 0 Å². The lowest BCUT2D eigenvalue weighted by molar-refractivity contribution is -0.141. The predicted molar refractivity (Wildman–Crippen MR) is 49.7 cm³/mol. The molecule has 14 heavy (non-hydrogen) atoms. The average molecular weight is 192 g/mol. The van der Waals surface area contributed by atoms with Gasteiger partial charge in [0.25, 0.3) is 0 Å². The zero-order valence-electron chi connectivity index (χ0n) is 8.19. The molecule has 1 saturated carbocycles. The third-order valence-electron chi connectivity index (χ3n) is 3.16. The quantitative estimate of drug-likeness (QED) is 0.765. The van der Waals surface area contributed by atoms with E-state index in [0.717, 1.165) is 0 Å². The Kier molecular flexibility index (Phi) is 1.65. The van der Waals surface area contributed by atoms with Gasteiger partial charge in [-0.2, -0.15) is 0 Å². The maximum absolute atomic E-state index is 11.2. The van der Waals surface area contributed by atoms with E-state index in [9.17, 15) is 9.90 Å². The van der Waals surface area contributed by atoms with E-state index in [1.165, 1.54) is 6.33 Å². The van der Waals surface area contributed by atoms with Crippen LogP contribution in [0.5, 0.6) is 0 Å². The summed E-state index contributed by atoms with van der Waals surface area (Å²) in [6.07, 6.45) is 5.25.